The quantitative estimate of drug-likeness (QED) is 0.218. The fourth-order valence-corrected chi connectivity index (χ4v) is 1.68. The van der Waals surface area contributed by atoms with Crippen LogP contribution < -0.4 is 0 Å². The number of carbonyl (C=O) groups excluding carboxylic acids is 1. The largest absolute Gasteiger partial charge is 0.458 e. The van der Waals surface area contributed by atoms with Crippen LogP contribution in [0.5, 0.6) is 0 Å². The lowest BCUT2D eigenvalue weighted by atomic mass is 10.7. The Bertz CT molecular complexity index is 226. The van der Waals surface area contributed by atoms with Crippen molar-refractivity contribution in [3.8, 4) is 0 Å². The molecule has 0 rings (SSSR count). The predicted molar refractivity (Wildman–Crippen MR) is 48.6 cm³/mol. The van der Waals surface area contributed by atoms with Crippen LogP contribution in [0.4, 0.5) is 0 Å². The van der Waals surface area contributed by atoms with Crippen LogP contribution in [-0.4, -0.2) is 30.8 Å². The van der Waals surface area contributed by atoms with Crippen molar-refractivity contribution in [1.29, 1.82) is 0 Å². The van der Waals surface area contributed by atoms with Crippen LogP contribution in [0.25, 0.3) is 5.53 Å². The first-order valence-electron chi connectivity index (χ1n) is 3.83. The van der Waals surface area contributed by atoms with Crippen molar-refractivity contribution in [3.63, 3.8) is 0 Å². The van der Waals surface area contributed by atoms with E-state index < -0.39 is 14.0 Å². The Hall–Kier alpha value is -0.933. The highest BCUT2D eigenvalue weighted by atomic mass is 28.3. The highest BCUT2D eigenvalue weighted by Gasteiger charge is 2.37. The second kappa shape index (κ2) is 4.18. The second-order valence-corrected chi connectivity index (χ2v) is 8.39. The minimum absolute atomic E-state index is 0.185. The van der Waals surface area contributed by atoms with E-state index >= 15 is 0 Å². The van der Waals surface area contributed by atoms with E-state index in [1.165, 1.54) is 0 Å². The van der Waals surface area contributed by atoms with E-state index in [0.29, 0.717) is 6.61 Å². The fraction of sp³-hybridized carbons (Fsp3) is 0.714. The zero-order valence-corrected chi connectivity index (χ0v) is 8.92. The van der Waals surface area contributed by atoms with Gasteiger partial charge in [-0.15, -0.1) is 0 Å². The predicted octanol–water partition coefficient (Wildman–Crippen LogP) is 1.10. The Morgan fingerprint density at radius 2 is 2.00 bits per heavy atom. The van der Waals surface area contributed by atoms with Crippen LogP contribution in [0.15, 0.2) is 0 Å². The van der Waals surface area contributed by atoms with Gasteiger partial charge in [0.15, 0.2) is 8.07 Å². The third-order valence-corrected chi connectivity index (χ3v) is 3.00. The van der Waals surface area contributed by atoms with E-state index in [0.717, 1.165) is 0 Å². The van der Waals surface area contributed by atoms with Crippen LogP contribution in [-0.2, 0) is 9.53 Å². The summed E-state index contributed by atoms with van der Waals surface area (Å²) in [6, 6.07) is 0. The van der Waals surface area contributed by atoms with E-state index in [-0.39, 0.29) is 5.33 Å². The molecule has 0 aliphatic heterocycles. The lowest BCUT2D eigenvalue weighted by molar-refractivity contribution is -0.139. The topological polar surface area (TPSA) is 62.7 Å². The third-order valence-electron chi connectivity index (χ3n) is 1.28. The molecular weight excluding hydrogens is 172 g/mol. The number of carbonyl (C=O) groups is 1. The average Bonchev–Trinajstić information content (AvgIpc) is 1.85. The van der Waals surface area contributed by atoms with Gasteiger partial charge in [-0.05, 0) is 6.92 Å². The van der Waals surface area contributed by atoms with E-state index in [1.54, 1.807) is 6.92 Å². The van der Waals surface area contributed by atoms with Gasteiger partial charge in [0.2, 0.25) is 0 Å². The van der Waals surface area contributed by atoms with Crippen molar-refractivity contribution >= 4 is 19.4 Å². The van der Waals surface area contributed by atoms with Crippen LogP contribution >= 0.6 is 0 Å². The minimum Gasteiger partial charge on any atom is -0.458 e. The molecule has 0 radical (unpaired) electrons. The summed E-state index contributed by atoms with van der Waals surface area (Å²) in [6.45, 7) is 7.77. The molecule has 0 atom stereocenters. The lowest BCUT2D eigenvalue weighted by Gasteiger charge is -2.07. The summed E-state index contributed by atoms with van der Waals surface area (Å²) >= 11 is 0. The number of nitrogens with zero attached hydrogens (tertiary/aromatic N) is 2. The maximum absolute atomic E-state index is 11.1. The van der Waals surface area contributed by atoms with Crippen molar-refractivity contribution in [2.45, 2.75) is 26.6 Å². The van der Waals surface area contributed by atoms with Crippen molar-refractivity contribution in [2.24, 2.45) is 0 Å². The standard InChI is InChI=1S/C7H14N2O2Si/c1-5-11-7(10)6(9-8)12(2,3)4/h5H2,1-4H3. The SMILES string of the molecule is CCOC(=O)C(=[N+]=[N-])[Si](C)(C)C. The highest BCUT2D eigenvalue weighted by molar-refractivity contribution is 7.11. The van der Waals surface area contributed by atoms with Gasteiger partial charge in [0.05, 0.1) is 6.61 Å². The van der Waals surface area contributed by atoms with E-state index in [2.05, 4.69) is 4.79 Å². The summed E-state index contributed by atoms with van der Waals surface area (Å²) in [5, 5.41) is 0.185. The summed E-state index contributed by atoms with van der Waals surface area (Å²) in [4.78, 5) is 14.1. The van der Waals surface area contributed by atoms with Gasteiger partial charge < -0.3 is 10.3 Å². The van der Waals surface area contributed by atoms with Crippen molar-refractivity contribution in [3.05, 3.63) is 5.53 Å². The van der Waals surface area contributed by atoms with E-state index in [4.69, 9.17) is 10.3 Å². The van der Waals surface area contributed by atoms with Crippen LogP contribution in [0.1, 0.15) is 6.92 Å². The number of hydrogen-bond acceptors (Lipinski definition) is 2. The molecule has 4 nitrogen and oxygen atoms in total. The zero-order valence-electron chi connectivity index (χ0n) is 7.92. The van der Waals surface area contributed by atoms with Gasteiger partial charge in [0, 0.05) is 0 Å². The molecule has 0 saturated heterocycles. The Morgan fingerprint density at radius 1 is 1.50 bits per heavy atom. The second-order valence-electron chi connectivity index (χ2n) is 3.42. The molecule has 0 saturated carbocycles. The Labute approximate surface area is 73.2 Å². The summed E-state index contributed by atoms with van der Waals surface area (Å²) in [5.74, 6) is -0.501. The Balaban J connectivity index is 4.61. The van der Waals surface area contributed by atoms with Gasteiger partial charge in [0.25, 0.3) is 0 Å². The highest BCUT2D eigenvalue weighted by Crippen LogP contribution is 2.03. The molecular formula is C7H14N2O2Si. The molecule has 0 amide bonds. The number of rotatable bonds is 3. The molecule has 0 aromatic rings. The molecule has 68 valence electrons. The summed E-state index contributed by atoms with van der Waals surface area (Å²) < 4.78 is 4.73. The molecule has 0 bridgehead atoms. The van der Waals surface area contributed by atoms with Crippen molar-refractivity contribution < 1.29 is 14.3 Å². The average molecular weight is 186 g/mol. The van der Waals surface area contributed by atoms with Gasteiger partial charge in [0.1, 0.15) is 0 Å². The van der Waals surface area contributed by atoms with Gasteiger partial charge >= 0.3 is 11.3 Å². The number of esters is 1. The molecule has 0 heterocycles. The maximum atomic E-state index is 11.1. The number of hydrogen-bond donors (Lipinski definition) is 0. The van der Waals surface area contributed by atoms with E-state index in [9.17, 15) is 4.79 Å². The minimum atomic E-state index is -1.86. The van der Waals surface area contributed by atoms with Gasteiger partial charge in [-0.1, -0.05) is 19.6 Å². The monoisotopic (exact) mass is 186 g/mol. The van der Waals surface area contributed by atoms with Crippen molar-refractivity contribution in [1.82, 2.24) is 0 Å². The third kappa shape index (κ3) is 2.98. The molecule has 0 aliphatic rings. The first-order chi connectivity index (χ1) is 5.43. The maximum Gasteiger partial charge on any atom is 0.409 e. The summed E-state index contributed by atoms with van der Waals surface area (Å²) in [6.07, 6.45) is 0. The van der Waals surface area contributed by atoms with Gasteiger partial charge in [-0.3, -0.25) is 0 Å². The Kier molecular flexibility index (Phi) is 3.86. The summed E-state index contributed by atoms with van der Waals surface area (Å²) in [5.41, 5.74) is 8.58. The molecule has 5 heteroatoms. The molecule has 12 heavy (non-hydrogen) atoms. The zero-order chi connectivity index (χ0) is 9.78. The molecule has 0 aromatic heterocycles. The lowest BCUT2D eigenvalue weighted by Crippen LogP contribution is -2.41. The molecule has 0 aromatic carbocycles. The Morgan fingerprint density at radius 3 is 2.25 bits per heavy atom. The fourth-order valence-electron chi connectivity index (χ4n) is 0.696. The number of ether oxygens (including phenoxy) is 1. The first-order valence-corrected chi connectivity index (χ1v) is 7.33. The molecule has 0 aliphatic carbocycles. The van der Waals surface area contributed by atoms with Crippen molar-refractivity contribution in [2.75, 3.05) is 6.61 Å². The van der Waals surface area contributed by atoms with E-state index in [1.807, 2.05) is 19.6 Å². The van der Waals surface area contributed by atoms with Gasteiger partial charge in [-0.2, -0.15) is 4.79 Å². The molecule has 0 spiro atoms. The van der Waals surface area contributed by atoms with Gasteiger partial charge in [-0.25, -0.2) is 4.79 Å². The molecule has 0 fully saturated rings. The smallest absolute Gasteiger partial charge is 0.409 e. The normalized spacial score (nSPS) is 10.3. The van der Waals surface area contributed by atoms with Crippen LogP contribution in [0.3, 0.4) is 0 Å². The van der Waals surface area contributed by atoms with Crippen LogP contribution in [0, 0.1) is 0 Å². The first kappa shape index (κ1) is 11.1. The molecule has 0 N–H and O–H groups in total. The summed E-state index contributed by atoms with van der Waals surface area (Å²) in [7, 11) is -1.86. The van der Waals surface area contributed by atoms with Crippen LogP contribution in [0.2, 0.25) is 19.6 Å². The molecule has 0 unspecified atom stereocenters.